The molecule has 0 spiro atoms. The zero-order chi connectivity index (χ0) is 22.6. The van der Waals surface area contributed by atoms with Crippen molar-refractivity contribution < 1.29 is 27.6 Å². The summed E-state index contributed by atoms with van der Waals surface area (Å²) in [5.74, 6) is -0.733. The number of benzene rings is 2. The number of anilines is 1. The highest BCUT2D eigenvalue weighted by Crippen LogP contribution is 2.35. The molecule has 1 N–H and O–H groups in total. The molecule has 1 atom stereocenters. The van der Waals surface area contributed by atoms with Crippen LogP contribution in [0.15, 0.2) is 53.9 Å². The third-order valence-electron chi connectivity index (χ3n) is 4.18. The first-order chi connectivity index (χ1) is 14.6. The van der Waals surface area contributed by atoms with Crippen molar-refractivity contribution in [1.82, 2.24) is 4.98 Å². The van der Waals surface area contributed by atoms with Crippen LogP contribution in [0.5, 0.6) is 0 Å². The maximum Gasteiger partial charge on any atom is 0.416 e. The van der Waals surface area contributed by atoms with Gasteiger partial charge in [0.25, 0.3) is 5.69 Å². The molecule has 0 amide bonds. The molecule has 0 fully saturated rings. The molecule has 1 aromatic heterocycles. The van der Waals surface area contributed by atoms with Crippen molar-refractivity contribution >= 4 is 28.7 Å². The van der Waals surface area contributed by atoms with Crippen LogP contribution < -0.4 is 5.32 Å². The first kappa shape index (κ1) is 22.2. The molecule has 0 saturated carbocycles. The molecule has 0 radical (unpaired) electrons. The van der Waals surface area contributed by atoms with Gasteiger partial charge in [-0.3, -0.25) is 10.1 Å². The summed E-state index contributed by atoms with van der Waals surface area (Å²) in [6.07, 6.45) is -4.72. The van der Waals surface area contributed by atoms with Gasteiger partial charge in [-0.2, -0.15) is 13.2 Å². The Balaban J connectivity index is 1.63. The number of alkyl halides is 3. The van der Waals surface area contributed by atoms with E-state index in [1.807, 2.05) is 30.3 Å². The van der Waals surface area contributed by atoms with Gasteiger partial charge in [0.1, 0.15) is 23.3 Å². The number of halogens is 3. The van der Waals surface area contributed by atoms with E-state index in [-0.39, 0.29) is 12.3 Å². The fourth-order valence-corrected chi connectivity index (χ4v) is 3.44. The fraction of sp³-hybridized carbons (Fsp3) is 0.200. The van der Waals surface area contributed by atoms with E-state index >= 15 is 0 Å². The quantitative estimate of drug-likeness (QED) is 0.298. The number of rotatable bonds is 7. The normalized spacial score (nSPS) is 12.3. The van der Waals surface area contributed by atoms with Crippen molar-refractivity contribution in [3.8, 4) is 10.6 Å². The molecule has 0 unspecified atom stereocenters. The summed E-state index contributed by atoms with van der Waals surface area (Å²) in [4.78, 5) is 26.8. The second kappa shape index (κ2) is 9.13. The Morgan fingerprint density at radius 3 is 2.61 bits per heavy atom. The summed E-state index contributed by atoms with van der Waals surface area (Å²) >= 11 is 1.39. The Bertz CT molecular complexity index is 1090. The van der Waals surface area contributed by atoms with Crippen molar-refractivity contribution in [1.29, 1.82) is 0 Å². The standard InChI is InChI=1S/C20H16F3N3O4S/c1-12(24-16-8-7-14(20(21,22)23)9-17(16)26(28)29)19(27)30-10-15-11-31-18(25-15)13-5-3-2-4-6-13/h2-9,11-12,24H,10H2,1H3/t12-/m1/s1. The average Bonchev–Trinajstić information content (AvgIpc) is 3.21. The first-order valence-corrected chi connectivity index (χ1v) is 9.81. The predicted octanol–water partition coefficient (Wildman–Crippen LogP) is 5.28. The van der Waals surface area contributed by atoms with Crippen LogP contribution in [-0.2, 0) is 22.3 Å². The number of hydrogen-bond acceptors (Lipinski definition) is 7. The Labute approximate surface area is 178 Å². The van der Waals surface area contributed by atoms with E-state index in [1.54, 1.807) is 5.38 Å². The highest BCUT2D eigenvalue weighted by Gasteiger charge is 2.33. The lowest BCUT2D eigenvalue weighted by Crippen LogP contribution is -2.28. The van der Waals surface area contributed by atoms with Crippen LogP contribution in [0.1, 0.15) is 18.2 Å². The third-order valence-corrected chi connectivity index (χ3v) is 5.12. The molecule has 0 aliphatic heterocycles. The van der Waals surface area contributed by atoms with E-state index in [2.05, 4.69) is 10.3 Å². The monoisotopic (exact) mass is 451 g/mol. The molecular formula is C20H16F3N3O4S. The van der Waals surface area contributed by atoms with Crippen LogP contribution >= 0.6 is 11.3 Å². The van der Waals surface area contributed by atoms with Crippen molar-refractivity contribution in [3.63, 3.8) is 0 Å². The minimum Gasteiger partial charge on any atom is -0.458 e. The van der Waals surface area contributed by atoms with Crippen LogP contribution in [0.25, 0.3) is 10.6 Å². The molecule has 3 aromatic rings. The molecular weight excluding hydrogens is 435 g/mol. The van der Waals surface area contributed by atoms with Crippen molar-refractivity contribution in [3.05, 3.63) is 75.3 Å². The first-order valence-electron chi connectivity index (χ1n) is 8.94. The van der Waals surface area contributed by atoms with Gasteiger partial charge >= 0.3 is 12.1 Å². The van der Waals surface area contributed by atoms with Crippen molar-refractivity contribution in [2.24, 2.45) is 0 Å². The summed E-state index contributed by atoms with van der Waals surface area (Å²) in [7, 11) is 0. The summed E-state index contributed by atoms with van der Waals surface area (Å²) < 4.78 is 43.6. The van der Waals surface area contributed by atoms with Gasteiger partial charge < -0.3 is 10.1 Å². The summed E-state index contributed by atoms with van der Waals surface area (Å²) in [5, 5.41) is 16.2. The highest BCUT2D eigenvalue weighted by atomic mass is 32.1. The number of nitrogens with zero attached hydrogens (tertiary/aromatic N) is 2. The zero-order valence-corrected chi connectivity index (χ0v) is 16.9. The topological polar surface area (TPSA) is 94.4 Å². The Hall–Kier alpha value is -3.47. The third kappa shape index (κ3) is 5.57. The van der Waals surface area contributed by atoms with Gasteiger partial charge in [0.2, 0.25) is 0 Å². The lowest BCUT2D eigenvalue weighted by atomic mass is 10.1. The fourth-order valence-electron chi connectivity index (χ4n) is 2.63. The maximum atomic E-state index is 12.8. The van der Waals surface area contributed by atoms with Gasteiger partial charge in [0.15, 0.2) is 0 Å². The molecule has 0 aliphatic rings. The van der Waals surface area contributed by atoms with Crippen LogP contribution in [0.2, 0.25) is 0 Å². The Morgan fingerprint density at radius 1 is 1.26 bits per heavy atom. The number of hydrogen-bond donors (Lipinski definition) is 1. The second-order valence-electron chi connectivity index (χ2n) is 6.47. The smallest absolute Gasteiger partial charge is 0.416 e. The average molecular weight is 451 g/mol. The van der Waals surface area contributed by atoms with Gasteiger partial charge in [-0.25, -0.2) is 9.78 Å². The van der Waals surface area contributed by atoms with E-state index in [0.717, 1.165) is 16.6 Å². The number of esters is 1. The number of nitro benzene ring substituents is 1. The predicted molar refractivity (Wildman–Crippen MR) is 109 cm³/mol. The van der Waals surface area contributed by atoms with Crippen molar-refractivity contribution in [2.45, 2.75) is 25.7 Å². The molecule has 0 saturated heterocycles. The van der Waals surface area contributed by atoms with E-state index in [1.165, 1.54) is 18.3 Å². The number of thiazole rings is 1. The molecule has 0 aliphatic carbocycles. The number of aromatic nitrogens is 1. The number of nitro groups is 1. The lowest BCUT2D eigenvalue weighted by Gasteiger charge is -2.15. The van der Waals surface area contributed by atoms with Crippen molar-refractivity contribution in [2.75, 3.05) is 5.32 Å². The molecule has 0 bridgehead atoms. The summed E-state index contributed by atoms with van der Waals surface area (Å²) in [6, 6.07) is 10.4. The number of nitrogens with one attached hydrogen (secondary N) is 1. The lowest BCUT2D eigenvalue weighted by molar-refractivity contribution is -0.384. The zero-order valence-electron chi connectivity index (χ0n) is 16.1. The number of carbonyl (C=O) groups is 1. The maximum absolute atomic E-state index is 12.8. The molecule has 1 heterocycles. The van der Waals surface area contributed by atoms with Gasteiger partial charge in [0.05, 0.1) is 16.2 Å². The second-order valence-corrected chi connectivity index (χ2v) is 7.33. The summed E-state index contributed by atoms with van der Waals surface area (Å²) in [6.45, 7) is 1.28. The van der Waals surface area contributed by atoms with Gasteiger partial charge in [-0.15, -0.1) is 11.3 Å². The van der Waals surface area contributed by atoms with Gasteiger partial charge in [-0.05, 0) is 19.1 Å². The Morgan fingerprint density at radius 2 is 1.97 bits per heavy atom. The molecule has 7 nitrogen and oxygen atoms in total. The Kier molecular flexibility index (Phi) is 6.54. The minimum atomic E-state index is -4.72. The number of ether oxygens (including phenoxy) is 1. The van der Waals surface area contributed by atoms with Gasteiger partial charge in [0, 0.05) is 17.0 Å². The van der Waals surface area contributed by atoms with E-state index in [9.17, 15) is 28.1 Å². The molecule has 11 heteroatoms. The highest BCUT2D eigenvalue weighted by molar-refractivity contribution is 7.13. The van der Waals surface area contributed by atoms with E-state index in [4.69, 9.17) is 4.74 Å². The van der Waals surface area contributed by atoms with Crippen LogP contribution in [0.4, 0.5) is 24.5 Å². The molecule has 3 rings (SSSR count). The SMILES string of the molecule is C[C@@H](Nc1ccc(C(F)(F)F)cc1[N+](=O)[O-])C(=O)OCc1csc(-c2ccccc2)n1. The molecule has 2 aromatic carbocycles. The largest absolute Gasteiger partial charge is 0.458 e. The number of carbonyl (C=O) groups excluding carboxylic acids is 1. The molecule has 31 heavy (non-hydrogen) atoms. The van der Waals surface area contributed by atoms with Crippen LogP contribution in [-0.4, -0.2) is 21.9 Å². The molecule has 162 valence electrons. The van der Waals surface area contributed by atoms with Crippen LogP contribution in [0, 0.1) is 10.1 Å². The van der Waals surface area contributed by atoms with E-state index in [0.29, 0.717) is 17.8 Å². The summed E-state index contributed by atoms with van der Waals surface area (Å²) in [5.41, 5.74) is -0.707. The van der Waals surface area contributed by atoms with E-state index < -0.39 is 34.4 Å². The minimum absolute atomic E-state index is 0.108. The van der Waals surface area contributed by atoms with Crippen LogP contribution in [0.3, 0.4) is 0 Å². The van der Waals surface area contributed by atoms with Gasteiger partial charge in [-0.1, -0.05) is 30.3 Å².